The second-order valence-corrected chi connectivity index (χ2v) is 8.12. The van der Waals surface area contributed by atoms with Crippen LogP contribution in [0.2, 0.25) is 0 Å². The number of ether oxygens (including phenoxy) is 1. The molecule has 0 unspecified atom stereocenters. The highest BCUT2D eigenvalue weighted by Crippen LogP contribution is 2.17. The van der Waals surface area contributed by atoms with Crippen molar-refractivity contribution in [2.24, 2.45) is 0 Å². The third-order valence-corrected chi connectivity index (χ3v) is 5.32. The van der Waals surface area contributed by atoms with Gasteiger partial charge in [-0.15, -0.1) is 0 Å². The van der Waals surface area contributed by atoms with Gasteiger partial charge < -0.3 is 9.64 Å². The number of rotatable bonds is 9. The number of nitrogens with one attached hydrogen (secondary N) is 1. The standard InChI is InChI=1S/C21H24N2O5S/c1-4-23(14-16(2)3)20(24)15-28-21(25)17-9-8-10-18(13-17)22-29(26,27)19-11-6-5-7-12-19/h5-13,22H,2,4,14-15H2,1,3H3. The predicted octanol–water partition coefficient (Wildman–Crippen LogP) is 3.07. The molecular weight excluding hydrogens is 392 g/mol. The molecule has 0 aliphatic carbocycles. The summed E-state index contributed by atoms with van der Waals surface area (Å²) in [5.74, 6) is -1.05. The van der Waals surface area contributed by atoms with Crippen molar-refractivity contribution < 1.29 is 22.7 Å². The molecule has 2 aromatic rings. The minimum absolute atomic E-state index is 0.107. The van der Waals surface area contributed by atoms with Gasteiger partial charge >= 0.3 is 5.97 Å². The number of carbonyl (C=O) groups excluding carboxylic acids is 2. The molecule has 0 aliphatic rings. The Morgan fingerprint density at radius 3 is 2.41 bits per heavy atom. The van der Waals surface area contributed by atoms with E-state index < -0.39 is 22.6 Å². The molecule has 0 spiro atoms. The zero-order valence-electron chi connectivity index (χ0n) is 16.4. The first-order chi connectivity index (χ1) is 13.7. The number of benzene rings is 2. The monoisotopic (exact) mass is 416 g/mol. The minimum atomic E-state index is -3.78. The molecule has 0 bridgehead atoms. The molecule has 0 heterocycles. The van der Waals surface area contributed by atoms with E-state index in [-0.39, 0.29) is 22.1 Å². The smallest absolute Gasteiger partial charge is 0.338 e. The van der Waals surface area contributed by atoms with Crippen LogP contribution in [0.1, 0.15) is 24.2 Å². The van der Waals surface area contributed by atoms with Crippen LogP contribution in [0.3, 0.4) is 0 Å². The molecule has 2 rings (SSSR count). The average Bonchev–Trinajstić information content (AvgIpc) is 2.70. The number of amides is 1. The molecule has 0 aromatic heterocycles. The van der Waals surface area contributed by atoms with Crippen LogP contribution in [-0.4, -0.2) is 44.9 Å². The Hall–Kier alpha value is -3.13. The van der Waals surface area contributed by atoms with Crippen molar-refractivity contribution in [2.45, 2.75) is 18.7 Å². The molecule has 29 heavy (non-hydrogen) atoms. The topological polar surface area (TPSA) is 92.8 Å². The maximum atomic E-state index is 12.4. The SMILES string of the molecule is C=C(C)CN(CC)C(=O)COC(=O)c1cccc(NS(=O)(=O)c2ccccc2)c1. The first-order valence-electron chi connectivity index (χ1n) is 9.00. The van der Waals surface area contributed by atoms with Crippen LogP contribution in [-0.2, 0) is 19.6 Å². The molecule has 0 radical (unpaired) electrons. The highest BCUT2D eigenvalue weighted by molar-refractivity contribution is 7.92. The highest BCUT2D eigenvalue weighted by atomic mass is 32.2. The largest absolute Gasteiger partial charge is 0.452 e. The Morgan fingerprint density at radius 2 is 1.79 bits per heavy atom. The fourth-order valence-corrected chi connectivity index (χ4v) is 3.60. The number of hydrogen-bond donors (Lipinski definition) is 1. The second-order valence-electron chi connectivity index (χ2n) is 6.44. The van der Waals surface area contributed by atoms with Crippen LogP contribution in [0.5, 0.6) is 0 Å². The van der Waals surface area contributed by atoms with E-state index in [1.54, 1.807) is 18.2 Å². The van der Waals surface area contributed by atoms with E-state index in [4.69, 9.17) is 4.74 Å². The van der Waals surface area contributed by atoms with Crippen LogP contribution in [0.15, 0.2) is 71.6 Å². The molecule has 0 fully saturated rings. The molecule has 0 aliphatic heterocycles. The van der Waals surface area contributed by atoms with Crippen molar-refractivity contribution in [3.63, 3.8) is 0 Å². The molecule has 7 nitrogen and oxygen atoms in total. The molecule has 2 aromatic carbocycles. The number of sulfonamides is 1. The van der Waals surface area contributed by atoms with Crippen LogP contribution in [0.4, 0.5) is 5.69 Å². The Bertz CT molecular complexity index is 987. The zero-order chi connectivity index (χ0) is 21.4. The molecular formula is C21H24N2O5S. The van der Waals surface area contributed by atoms with Crippen LogP contribution in [0, 0.1) is 0 Å². The van der Waals surface area contributed by atoms with E-state index in [0.29, 0.717) is 13.1 Å². The predicted molar refractivity (Wildman–Crippen MR) is 111 cm³/mol. The lowest BCUT2D eigenvalue weighted by Crippen LogP contribution is -2.35. The molecule has 0 saturated heterocycles. The van der Waals surface area contributed by atoms with Crippen molar-refractivity contribution in [1.29, 1.82) is 0 Å². The number of esters is 1. The van der Waals surface area contributed by atoms with E-state index in [9.17, 15) is 18.0 Å². The summed E-state index contributed by atoms with van der Waals surface area (Å²) >= 11 is 0. The van der Waals surface area contributed by atoms with E-state index in [2.05, 4.69) is 11.3 Å². The molecule has 8 heteroatoms. The number of anilines is 1. The van der Waals surface area contributed by atoms with Gasteiger partial charge in [0.05, 0.1) is 10.5 Å². The normalized spacial score (nSPS) is 10.8. The van der Waals surface area contributed by atoms with Crippen LogP contribution >= 0.6 is 0 Å². The summed E-state index contributed by atoms with van der Waals surface area (Å²) in [6.45, 7) is 7.87. The van der Waals surface area contributed by atoms with Crippen LogP contribution in [0.25, 0.3) is 0 Å². The van der Waals surface area contributed by atoms with Gasteiger partial charge in [-0.1, -0.05) is 36.4 Å². The summed E-state index contributed by atoms with van der Waals surface area (Å²) in [7, 11) is -3.78. The lowest BCUT2D eigenvalue weighted by Gasteiger charge is -2.20. The van der Waals surface area contributed by atoms with E-state index in [0.717, 1.165) is 5.57 Å². The molecule has 0 atom stereocenters. The van der Waals surface area contributed by atoms with Gasteiger partial charge in [-0.3, -0.25) is 9.52 Å². The average molecular weight is 416 g/mol. The summed E-state index contributed by atoms with van der Waals surface area (Å²) in [5, 5.41) is 0. The maximum absolute atomic E-state index is 12.4. The highest BCUT2D eigenvalue weighted by Gasteiger charge is 2.17. The number of hydrogen-bond acceptors (Lipinski definition) is 5. The third-order valence-electron chi connectivity index (χ3n) is 3.93. The van der Waals surface area contributed by atoms with Crippen LogP contribution < -0.4 is 4.72 Å². The van der Waals surface area contributed by atoms with E-state index in [1.165, 1.54) is 41.3 Å². The molecule has 154 valence electrons. The Morgan fingerprint density at radius 1 is 1.10 bits per heavy atom. The third kappa shape index (κ3) is 6.46. The van der Waals surface area contributed by atoms with Gasteiger partial charge in [0.1, 0.15) is 0 Å². The molecule has 1 N–H and O–H groups in total. The maximum Gasteiger partial charge on any atom is 0.338 e. The van der Waals surface area contributed by atoms with Crippen molar-refractivity contribution >= 4 is 27.6 Å². The summed E-state index contributed by atoms with van der Waals surface area (Å²) in [5.41, 5.74) is 1.17. The lowest BCUT2D eigenvalue weighted by molar-refractivity contribution is -0.133. The van der Waals surface area contributed by atoms with Gasteiger partial charge in [-0.25, -0.2) is 13.2 Å². The quantitative estimate of drug-likeness (QED) is 0.501. The lowest BCUT2D eigenvalue weighted by atomic mass is 10.2. The summed E-state index contributed by atoms with van der Waals surface area (Å²) in [4.78, 5) is 26.1. The summed E-state index contributed by atoms with van der Waals surface area (Å²) < 4.78 is 32.3. The van der Waals surface area contributed by atoms with Gasteiger partial charge in [0, 0.05) is 18.8 Å². The Labute approximate surface area is 171 Å². The second kappa shape index (κ2) is 9.88. The van der Waals surface area contributed by atoms with E-state index >= 15 is 0 Å². The van der Waals surface area contributed by atoms with Gasteiger partial charge in [0.15, 0.2) is 6.61 Å². The fourth-order valence-electron chi connectivity index (χ4n) is 2.53. The van der Waals surface area contributed by atoms with E-state index in [1.807, 2.05) is 13.8 Å². The first kappa shape index (κ1) is 22.2. The van der Waals surface area contributed by atoms with Gasteiger partial charge in [-0.05, 0) is 44.2 Å². The van der Waals surface area contributed by atoms with Gasteiger partial charge in [0.2, 0.25) is 0 Å². The number of nitrogens with zero attached hydrogens (tertiary/aromatic N) is 1. The molecule has 0 saturated carbocycles. The van der Waals surface area contributed by atoms with Crippen molar-refractivity contribution in [1.82, 2.24) is 4.90 Å². The van der Waals surface area contributed by atoms with Crippen molar-refractivity contribution in [2.75, 3.05) is 24.4 Å². The Kier molecular flexibility index (Phi) is 7.55. The molecule has 1 amide bonds. The zero-order valence-corrected chi connectivity index (χ0v) is 17.2. The number of carbonyl (C=O) groups is 2. The minimum Gasteiger partial charge on any atom is -0.452 e. The van der Waals surface area contributed by atoms with Crippen molar-refractivity contribution in [3.05, 3.63) is 72.3 Å². The Balaban J connectivity index is 2.04. The van der Waals surface area contributed by atoms with Crippen molar-refractivity contribution in [3.8, 4) is 0 Å². The fraction of sp³-hybridized carbons (Fsp3) is 0.238. The van der Waals surface area contributed by atoms with Gasteiger partial charge in [0.25, 0.3) is 15.9 Å². The van der Waals surface area contributed by atoms with Gasteiger partial charge in [-0.2, -0.15) is 0 Å². The number of likely N-dealkylation sites (N-methyl/N-ethyl adjacent to an activating group) is 1. The first-order valence-corrected chi connectivity index (χ1v) is 10.5. The summed E-state index contributed by atoms with van der Waals surface area (Å²) in [6.07, 6.45) is 0. The summed E-state index contributed by atoms with van der Waals surface area (Å²) in [6, 6.07) is 13.8.